The van der Waals surface area contributed by atoms with Crippen LogP contribution in [0.3, 0.4) is 0 Å². The third kappa shape index (κ3) is 3.09. The summed E-state index contributed by atoms with van der Waals surface area (Å²) in [4.78, 5) is 17.3. The zero-order valence-electron chi connectivity index (χ0n) is 10.2. The third-order valence-electron chi connectivity index (χ3n) is 2.50. The number of carbonyl (C=O) groups is 1. The monoisotopic (exact) mass is 280 g/mol. The van der Waals surface area contributed by atoms with Crippen LogP contribution in [0, 0.1) is 13.8 Å². The van der Waals surface area contributed by atoms with E-state index >= 15 is 0 Å². The molecule has 94 valence electrons. The van der Waals surface area contributed by atoms with Gasteiger partial charge in [-0.3, -0.25) is 4.79 Å². The van der Waals surface area contributed by atoms with Crippen molar-refractivity contribution in [2.24, 2.45) is 0 Å². The first-order valence-electron chi connectivity index (χ1n) is 5.53. The summed E-state index contributed by atoms with van der Waals surface area (Å²) in [5.41, 5.74) is 1.55. The number of benzene rings is 1. The predicted octanol–water partition coefficient (Wildman–Crippen LogP) is 3.34. The van der Waals surface area contributed by atoms with Crippen molar-refractivity contribution in [1.29, 1.82) is 0 Å². The highest BCUT2D eigenvalue weighted by atomic mass is 35.5. The minimum atomic E-state index is -0.122. The highest BCUT2D eigenvalue weighted by Gasteiger charge is 2.08. The van der Waals surface area contributed by atoms with Crippen LogP contribution in [0.15, 0.2) is 24.3 Å². The van der Waals surface area contributed by atoms with E-state index in [2.05, 4.69) is 10.3 Å². The molecule has 0 saturated carbocycles. The molecular formula is C13H13ClN2OS. The van der Waals surface area contributed by atoms with Crippen molar-refractivity contribution in [3.05, 3.63) is 50.4 Å². The van der Waals surface area contributed by atoms with E-state index in [4.69, 9.17) is 11.6 Å². The number of aryl methyl sites for hydroxylation is 2. The third-order valence-corrected chi connectivity index (χ3v) is 3.80. The average molecular weight is 281 g/mol. The molecular weight excluding hydrogens is 268 g/mol. The van der Waals surface area contributed by atoms with Crippen LogP contribution in [0.25, 0.3) is 0 Å². The maximum absolute atomic E-state index is 11.9. The van der Waals surface area contributed by atoms with Gasteiger partial charge in [0.1, 0.15) is 0 Å². The van der Waals surface area contributed by atoms with Gasteiger partial charge in [-0.25, -0.2) is 4.98 Å². The largest absolute Gasteiger partial charge is 0.347 e. The van der Waals surface area contributed by atoms with Crippen molar-refractivity contribution in [3.8, 4) is 0 Å². The van der Waals surface area contributed by atoms with Gasteiger partial charge in [0.15, 0.2) is 0 Å². The Morgan fingerprint density at radius 1 is 1.44 bits per heavy atom. The maximum atomic E-state index is 11.9. The molecule has 0 aliphatic carbocycles. The van der Waals surface area contributed by atoms with Gasteiger partial charge >= 0.3 is 0 Å². The van der Waals surface area contributed by atoms with E-state index in [-0.39, 0.29) is 5.91 Å². The lowest BCUT2D eigenvalue weighted by Gasteiger charge is -2.04. The molecule has 2 rings (SSSR count). The second kappa shape index (κ2) is 5.50. The Morgan fingerprint density at radius 3 is 2.83 bits per heavy atom. The van der Waals surface area contributed by atoms with E-state index in [0.29, 0.717) is 17.1 Å². The summed E-state index contributed by atoms with van der Waals surface area (Å²) >= 11 is 7.45. The van der Waals surface area contributed by atoms with Crippen LogP contribution in [0.2, 0.25) is 5.02 Å². The lowest BCUT2D eigenvalue weighted by atomic mass is 10.2. The molecule has 0 spiro atoms. The van der Waals surface area contributed by atoms with Crippen molar-refractivity contribution in [2.75, 3.05) is 0 Å². The summed E-state index contributed by atoms with van der Waals surface area (Å²) in [6.45, 7) is 4.41. The van der Waals surface area contributed by atoms with Gasteiger partial charge in [0, 0.05) is 15.5 Å². The van der Waals surface area contributed by atoms with Gasteiger partial charge in [-0.2, -0.15) is 0 Å². The number of carbonyl (C=O) groups excluding carboxylic acids is 1. The Bertz CT molecular complexity index is 580. The molecule has 5 heteroatoms. The smallest absolute Gasteiger partial charge is 0.251 e. The van der Waals surface area contributed by atoms with Crippen LogP contribution in [0.1, 0.15) is 25.9 Å². The van der Waals surface area contributed by atoms with Crippen LogP contribution in [0.4, 0.5) is 0 Å². The van der Waals surface area contributed by atoms with Crippen LogP contribution in [0.5, 0.6) is 0 Å². The minimum absolute atomic E-state index is 0.122. The summed E-state index contributed by atoms with van der Waals surface area (Å²) in [5, 5.41) is 4.45. The molecule has 1 amide bonds. The zero-order chi connectivity index (χ0) is 13.1. The van der Waals surface area contributed by atoms with Gasteiger partial charge in [-0.15, -0.1) is 11.3 Å². The molecule has 0 saturated heterocycles. The fraction of sp³-hybridized carbons (Fsp3) is 0.231. The van der Waals surface area contributed by atoms with Crippen molar-refractivity contribution in [1.82, 2.24) is 10.3 Å². The van der Waals surface area contributed by atoms with Crippen molar-refractivity contribution in [3.63, 3.8) is 0 Å². The van der Waals surface area contributed by atoms with E-state index in [1.54, 1.807) is 35.6 Å². The summed E-state index contributed by atoms with van der Waals surface area (Å²) in [7, 11) is 0. The maximum Gasteiger partial charge on any atom is 0.251 e. The highest BCUT2D eigenvalue weighted by Crippen LogP contribution is 2.17. The zero-order valence-corrected chi connectivity index (χ0v) is 11.7. The fourth-order valence-electron chi connectivity index (χ4n) is 1.63. The SMILES string of the molecule is Cc1nc(C)c(CNC(=O)c2cccc(Cl)c2)s1. The van der Waals surface area contributed by atoms with Crippen LogP contribution < -0.4 is 5.32 Å². The minimum Gasteiger partial charge on any atom is -0.347 e. The Kier molecular flexibility index (Phi) is 3.99. The van der Waals surface area contributed by atoms with Crippen molar-refractivity contribution >= 4 is 28.8 Å². The molecule has 0 bridgehead atoms. The summed E-state index contributed by atoms with van der Waals surface area (Å²) in [6, 6.07) is 6.90. The van der Waals surface area contributed by atoms with E-state index in [1.165, 1.54) is 0 Å². The standard InChI is InChI=1S/C13H13ClN2OS/c1-8-12(18-9(2)16-8)7-15-13(17)10-4-3-5-11(14)6-10/h3-6H,7H2,1-2H3,(H,15,17). The Morgan fingerprint density at radius 2 is 2.22 bits per heavy atom. The number of nitrogens with zero attached hydrogens (tertiary/aromatic N) is 1. The average Bonchev–Trinajstić information content (AvgIpc) is 2.65. The van der Waals surface area contributed by atoms with Gasteiger partial charge < -0.3 is 5.32 Å². The van der Waals surface area contributed by atoms with Crippen molar-refractivity contribution in [2.45, 2.75) is 20.4 Å². The first-order chi connectivity index (χ1) is 8.56. The molecule has 2 aromatic rings. The number of amides is 1. The molecule has 3 nitrogen and oxygen atoms in total. The molecule has 0 aliphatic heterocycles. The fourth-order valence-corrected chi connectivity index (χ4v) is 2.70. The summed E-state index contributed by atoms with van der Waals surface area (Å²) in [6.07, 6.45) is 0. The second-order valence-electron chi connectivity index (χ2n) is 3.93. The first-order valence-corrected chi connectivity index (χ1v) is 6.72. The Balaban J connectivity index is 2.02. The number of halogens is 1. The van der Waals surface area contributed by atoms with Crippen LogP contribution >= 0.6 is 22.9 Å². The number of hydrogen-bond donors (Lipinski definition) is 1. The Labute approximate surface area is 115 Å². The number of thiazole rings is 1. The molecule has 18 heavy (non-hydrogen) atoms. The van der Waals surface area contributed by atoms with E-state index in [0.717, 1.165) is 15.6 Å². The van der Waals surface area contributed by atoms with Gasteiger partial charge in [-0.1, -0.05) is 17.7 Å². The lowest BCUT2D eigenvalue weighted by molar-refractivity contribution is 0.0951. The van der Waals surface area contributed by atoms with Gasteiger partial charge in [0.05, 0.1) is 17.2 Å². The van der Waals surface area contributed by atoms with Gasteiger partial charge in [-0.05, 0) is 32.0 Å². The first kappa shape index (κ1) is 13.1. The van der Waals surface area contributed by atoms with Crippen LogP contribution in [-0.2, 0) is 6.54 Å². The van der Waals surface area contributed by atoms with Crippen molar-refractivity contribution < 1.29 is 4.79 Å². The number of nitrogens with one attached hydrogen (secondary N) is 1. The quantitative estimate of drug-likeness (QED) is 0.937. The molecule has 1 aromatic carbocycles. The molecule has 1 N–H and O–H groups in total. The molecule has 0 radical (unpaired) electrons. The van der Waals surface area contributed by atoms with Crippen LogP contribution in [-0.4, -0.2) is 10.9 Å². The van der Waals surface area contributed by atoms with E-state index in [9.17, 15) is 4.79 Å². The van der Waals surface area contributed by atoms with Gasteiger partial charge in [0.25, 0.3) is 5.91 Å². The molecule has 1 aromatic heterocycles. The predicted molar refractivity (Wildman–Crippen MR) is 74.2 cm³/mol. The number of aromatic nitrogens is 1. The summed E-state index contributed by atoms with van der Waals surface area (Å²) < 4.78 is 0. The molecule has 1 heterocycles. The topological polar surface area (TPSA) is 42.0 Å². The molecule has 0 fully saturated rings. The molecule has 0 aliphatic rings. The molecule has 0 atom stereocenters. The number of rotatable bonds is 3. The van der Waals surface area contributed by atoms with Gasteiger partial charge in [0.2, 0.25) is 0 Å². The second-order valence-corrected chi connectivity index (χ2v) is 5.66. The molecule has 0 unspecified atom stereocenters. The highest BCUT2D eigenvalue weighted by molar-refractivity contribution is 7.11. The van der Waals surface area contributed by atoms with E-state index < -0.39 is 0 Å². The summed E-state index contributed by atoms with van der Waals surface area (Å²) in [5.74, 6) is -0.122. The lowest BCUT2D eigenvalue weighted by Crippen LogP contribution is -2.22. The Hall–Kier alpha value is -1.39. The van der Waals surface area contributed by atoms with E-state index in [1.807, 2.05) is 13.8 Å². The number of hydrogen-bond acceptors (Lipinski definition) is 3. The normalized spacial score (nSPS) is 10.4.